The van der Waals surface area contributed by atoms with E-state index in [9.17, 15) is 0 Å². The van der Waals surface area contributed by atoms with Crippen molar-refractivity contribution in [3.05, 3.63) is 0 Å². The highest BCUT2D eigenvalue weighted by Gasteiger charge is 2.12. The fourth-order valence-corrected chi connectivity index (χ4v) is 1.97. The summed E-state index contributed by atoms with van der Waals surface area (Å²) in [5.41, 5.74) is 5.55. The molecule has 13 heavy (non-hydrogen) atoms. The molecular formula is C10H23N3. The van der Waals surface area contributed by atoms with Crippen molar-refractivity contribution in [2.24, 2.45) is 5.73 Å². The van der Waals surface area contributed by atoms with Crippen LogP contribution in [0.25, 0.3) is 0 Å². The minimum absolute atomic E-state index is 0.799. The van der Waals surface area contributed by atoms with Gasteiger partial charge < -0.3 is 15.5 Å². The van der Waals surface area contributed by atoms with Crippen LogP contribution in [0.5, 0.6) is 0 Å². The van der Waals surface area contributed by atoms with Crippen molar-refractivity contribution in [2.45, 2.75) is 19.8 Å². The summed E-state index contributed by atoms with van der Waals surface area (Å²) in [7, 11) is 0. The van der Waals surface area contributed by atoms with Gasteiger partial charge in [-0.2, -0.15) is 0 Å². The molecule has 1 rings (SSSR count). The third-order valence-corrected chi connectivity index (χ3v) is 2.67. The Kier molecular flexibility index (Phi) is 5.35. The largest absolute Gasteiger partial charge is 0.329 e. The molecule has 0 bridgehead atoms. The van der Waals surface area contributed by atoms with Crippen molar-refractivity contribution in [1.29, 1.82) is 0 Å². The molecule has 0 aliphatic carbocycles. The van der Waals surface area contributed by atoms with Crippen LogP contribution in [-0.4, -0.2) is 55.6 Å². The second-order valence-corrected chi connectivity index (χ2v) is 3.83. The van der Waals surface area contributed by atoms with E-state index in [4.69, 9.17) is 5.73 Å². The highest BCUT2D eigenvalue weighted by Crippen LogP contribution is 2.02. The van der Waals surface area contributed by atoms with Crippen molar-refractivity contribution in [1.82, 2.24) is 9.80 Å². The van der Waals surface area contributed by atoms with Gasteiger partial charge in [0.2, 0.25) is 0 Å². The molecule has 3 nitrogen and oxygen atoms in total. The van der Waals surface area contributed by atoms with Crippen molar-refractivity contribution < 1.29 is 0 Å². The lowest BCUT2D eigenvalue weighted by molar-refractivity contribution is 0.260. The first kappa shape index (κ1) is 11.0. The van der Waals surface area contributed by atoms with Crippen LogP contribution in [-0.2, 0) is 0 Å². The molecule has 2 N–H and O–H groups in total. The van der Waals surface area contributed by atoms with Gasteiger partial charge in [-0.05, 0) is 32.5 Å². The van der Waals surface area contributed by atoms with Gasteiger partial charge in [0, 0.05) is 26.2 Å². The monoisotopic (exact) mass is 185 g/mol. The van der Waals surface area contributed by atoms with Crippen LogP contribution in [0.15, 0.2) is 0 Å². The van der Waals surface area contributed by atoms with Crippen LogP contribution in [0.1, 0.15) is 19.8 Å². The molecule has 0 aromatic rings. The molecule has 78 valence electrons. The lowest BCUT2D eigenvalue weighted by atomic mass is 10.3. The molecule has 0 spiro atoms. The predicted octanol–water partition coefficient (Wildman–Crippen LogP) is 0.363. The van der Waals surface area contributed by atoms with E-state index < -0.39 is 0 Å². The van der Waals surface area contributed by atoms with Crippen molar-refractivity contribution in [3.63, 3.8) is 0 Å². The van der Waals surface area contributed by atoms with Crippen LogP contribution >= 0.6 is 0 Å². The molecule has 1 fully saturated rings. The van der Waals surface area contributed by atoms with Gasteiger partial charge in [0.05, 0.1) is 0 Å². The summed E-state index contributed by atoms with van der Waals surface area (Å²) in [6, 6.07) is 0. The van der Waals surface area contributed by atoms with Gasteiger partial charge in [-0.15, -0.1) is 0 Å². The lowest BCUT2D eigenvalue weighted by Crippen LogP contribution is -2.34. The van der Waals surface area contributed by atoms with Gasteiger partial charge in [0.25, 0.3) is 0 Å². The molecule has 0 radical (unpaired) electrons. The fourth-order valence-electron chi connectivity index (χ4n) is 1.97. The summed E-state index contributed by atoms with van der Waals surface area (Å²) < 4.78 is 0. The van der Waals surface area contributed by atoms with Crippen molar-refractivity contribution >= 4 is 0 Å². The summed E-state index contributed by atoms with van der Waals surface area (Å²) in [5, 5.41) is 0. The zero-order valence-electron chi connectivity index (χ0n) is 8.84. The van der Waals surface area contributed by atoms with E-state index in [0.29, 0.717) is 0 Å². The third-order valence-electron chi connectivity index (χ3n) is 2.67. The van der Waals surface area contributed by atoms with E-state index in [0.717, 1.165) is 13.1 Å². The molecule has 0 aromatic heterocycles. The van der Waals surface area contributed by atoms with E-state index in [2.05, 4.69) is 16.7 Å². The second-order valence-electron chi connectivity index (χ2n) is 3.83. The Morgan fingerprint density at radius 1 is 1.00 bits per heavy atom. The predicted molar refractivity (Wildman–Crippen MR) is 56.8 cm³/mol. The summed E-state index contributed by atoms with van der Waals surface area (Å²) in [6.07, 6.45) is 2.58. The highest BCUT2D eigenvalue weighted by molar-refractivity contribution is 4.69. The van der Waals surface area contributed by atoms with Crippen molar-refractivity contribution in [3.8, 4) is 0 Å². The standard InChI is InChI=1S/C10H23N3/c1-2-5-12-6-3-7-13(8-4-11)10-9-12/h2-11H2,1H3. The molecule has 3 heteroatoms. The Morgan fingerprint density at radius 2 is 1.62 bits per heavy atom. The van der Waals surface area contributed by atoms with E-state index in [-0.39, 0.29) is 0 Å². The molecular weight excluding hydrogens is 162 g/mol. The fraction of sp³-hybridized carbons (Fsp3) is 1.00. The van der Waals surface area contributed by atoms with Crippen LogP contribution in [0.3, 0.4) is 0 Å². The molecule has 1 saturated heterocycles. The Balaban J connectivity index is 2.22. The smallest absolute Gasteiger partial charge is 0.0110 e. The molecule has 1 heterocycles. The molecule has 1 aliphatic rings. The van der Waals surface area contributed by atoms with Gasteiger partial charge in [-0.1, -0.05) is 6.92 Å². The van der Waals surface area contributed by atoms with Gasteiger partial charge in [0.15, 0.2) is 0 Å². The second kappa shape index (κ2) is 6.35. The van der Waals surface area contributed by atoms with E-state index in [1.165, 1.54) is 45.6 Å². The maximum absolute atomic E-state index is 5.55. The summed E-state index contributed by atoms with van der Waals surface area (Å²) >= 11 is 0. The Labute approximate surface area is 81.9 Å². The maximum Gasteiger partial charge on any atom is 0.0110 e. The van der Waals surface area contributed by atoms with Crippen molar-refractivity contribution in [2.75, 3.05) is 45.8 Å². The summed E-state index contributed by atoms with van der Waals surface area (Å²) in [6.45, 7) is 10.3. The number of rotatable bonds is 4. The van der Waals surface area contributed by atoms with E-state index in [1.54, 1.807) is 0 Å². The normalized spacial score (nSPS) is 21.7. The number of hydrogen-bond donors (Lipinski definition) is 1. The highest BCUT2D eigenvalue weighted by atomic mass is 15.2. The molecule has 0 amide bonds. The lowest BCUT2D eigenvalue weighted by Gasteiger charge is -2.20. The maximum atomic E-state index is 5.55. The Hall–Kier alpha value is -0.120. The minimum Gasteiger partial charge on any atom is -0.329 e. The molecule has 0 saturated carbocycles. The molecule has 0 unspecified atom stereocenters. The first-order valence-corrected chi connectivity index (χ1v) is 5.51. The average molecular weight is 185 g/mol. The van der Waals surface area contributed by atoms with Gasteiger partial charge in [-0.25, -0.2) is 0 Å². The van der Waals surface area contributed by atoms with Crippen LogP contribution in [0, 0.1) is 0 Å². The number of hydrogen-bond acceptors (Lipinski definition) is 3. The summed E-state index contributed by atoms with van der Waals surface area (Å²) in [4.78, 5) is 5.05. The Morgan fingerprint density at radius 3 is 2.15 bits per heavy atom. The number of nitrogens with zero attached hydrogens (tertiary/aromatic N) is 2. The first-order chi connectivity index (χ1) is 6.36. The molecule has 1 aliphatic heterocycles. The summed E-state index contributed by atoms with van der Waals surface area (Å²) in [5.74, 6) is 0. The average Bonchev–Trinajstić information content (AvgIpc) is 2.33. The van der Waals surface area contributed by atoms with Crippen LogP contribution in [0.4, 0.5) is 0 Å². The number of nitrogens with two attached hydrogens (primary N) is 1. The van der Waals surface area contributed by atoms with E-state index in [1.807, 2.05) is 0 Å². The van der Waals surface area contributed by atoms with E-state index >= 15 is 0 Å². The van der Waals surface area contributed by atoms with Crippen LogP contribution < -0.4 is 5.73 Å². The zero-order valence-corrected chi connectivity index (χ0v) is 8.84. The van der Waals surface area contributed by atoms with Gasteiger partial charge >= 0.3 is 0 Å². The first-order valence-electron chi connectivity index (χ1n) is 5.51. The van der Waals surface area contributed by atoms with Crippen LogP contribution in [0.2, 0.25) is 0 Å². The quantitative estimate of drug-likeness (QED) is 0.686. The SMILES string of the molecule is CCCN1CCCN(CCN)CC1. The zero-order chi connectivity index (χ0) is 9.52. The van der Waals surface area contributed by atoms with Gasteiger partial charge in [-0.3, -0.25) is 0 Å². The topological polar surface area (TPSA) is 32.5 Å². The molecule has 0 atom stereocenters. The third kappa shape index (κ3) is 4.07. The minimum atomic E-state index is 0.799. The molecule has 0 aromatic carbocycles. The van der Waals surface area contributed by atoms with Gasteiger partial charge in [0.1, 0.15) is 0 Å². The Bertz CT molecular complexity index is 113.